The van der Waals surface area contributed by atoms with Gasteiger partial charge in [-0.1, -0.05) is 53.2 Å². The monoisotopic (exact) mass is 496 g/mol. The molecule has 0 fully saturated rings. The Labute approximate surface area is 204 Å². The Bertz CT molecular complexity index is 1350. The zero-order valence-electron chi connectivity index (χ0n) is 17.5. The van der Waals surface area contributed by atoms with Gasteiger partial charge in [0.25, 0.3) is 5.89 Å². The summed E-state index contributed by atoms with van der Waals surface area (Å²) in [5.41, 5.74) is 3.00. The molecule has 3 heterocycles. The minimum atomic E-state index is -0.357. The second-order valence-electron chi connectivity index (χ2n) is 7.51. The van der Waals surface area contributed by atoms with Gasteiger partial charge in [-0.05, 0) is 54.4 Å². The number of aromatic nitrogens is 2. The number of nitrogens with one attached hydrogen (secondary N) is 1. The van der Waals surface area contributed by atoms with E-state index in [1.807, 2.05) is 53.6 Å². The normalized spacial score (nSPS) is 16.3. The predicted molar refractivity (Wildman–Crippen MR) is 132 cm³/mol. The SMILES string of the molecule is CC1=C(c2nc(-c3cccs3)no2)C(c2cccc(Cl)c2)NC(=S)N1Cc1ccccc1F. The van der Waals surface area contributed by atoms with Gasteiger partial charge in [0.1, 0.15) is 5.82 Å². The molecule has 5 rings (SSSR count). The van der Waals surface area contributed by atoms with Gasteiger partial charge in [0.15, 0.2) is 5.11 Å². The molecular weight excluding hydrogens is 479 g/mol. The molecule has 0 amide bonds. The number of hydrogen-bond acceptors (Lipinski definition) is 5. The van der Waals surface area contributed by atoms with Crippen LogP contribution >= 0.6 is 35.2 Å². The standard InChI is InChI=1S/C24H18ClFN4OS2/c1-14-20(23-28-22(29-31-23)19-10-5-11-33-19)21(15-7-4-8-17(25)12-15)27-24(32)30(14)13-16-6-2-3-9-18(16)26/h2-12,21H,13H2,1H3,(H,27,32). The minimum Gasteiger partial charge on any atom is -0.351 e. The maximum Gasteiger partial charge on any atom is 0.258 e. The molecule has 0 saturated carbocycles. The number of allylic oxidation sites excluding steroid dienone is 1. The highest BCUT2D eigenvalue weighted by Gasteiger charge is 2.34. The molecule has 5 nitrogen and oxygen atoms in total. The molecule has 33 heavy (non-hydrogen) atoms. The highest BCUT2D eigenvalue weighted by Crippen LogP contribution is 2.38. The van der Waals surface area contributed by atoms with Gasteiger partial charge in [0.2, 0.25) is 5.82 Å². The minimum absolute atomic E-state index is 0.266. The Morgan fingerprint density at radius 3 is 2.79 bits per heavy atom. The summed E-state index contributed by atoms with van der Waals surface area (Å²) in [6, 6.07) is 17.7. The lowest BCUT2D eigenvalue weighted by Crippen LogP contribution is -2.45. The number of rotatable bonds is 5. The molecular formula is C24H18ClFN4OS2. The summed E-state index contributed by atoms with van der Waals surface area (Å²) in [5.74, 6) is 0.595. The van der Waals surface area contributed by atoms with Gasteiger partial charge >= 0.3 is 0 Å². The van der Waals surface area contributed by atoms with Crippen LogP contribution < -0.4 is 5.32 Å². The third-order valence-corrected chi connectivity index (χ3v) is 6.90. The van der Waals surface area contributed by atoms with Crippen LogP contribution in [-0.4, -0.2) is 20.2 Å². The van der Waals surface area contributed by atoms with Crippen molar-refractivity contribution in [1.82, 2.24) is 20.4 Å². The highest BCUT2D eigenvalue weighted by molar-refractivity contribution is 7.80. The van der Waals surface area contributed by atoms with E-state index >= 15 is 0 Å². The van der Waals surface area contributed by atoms with Crippen LogP contribution in [0, 0.1) is 5.82 Å². The van der Waals surface area contributed by atoms with E-state index in [9.17, 15) is 4.39 Å². The van der Waals surface area contributed by atoms with Crippen molar-refractivity contribution in [2.24, 2.45) is 0 Å². The first kappa shape index (κ1) is 21.8. The van der Waals surface area contributed by atoms with Crippen LogP contribution in [-0.2, 0) is 6.54 Å². The topological polar surface area (TPSA) is 54.2 Å². The Hall–Kier alpha value is -3.07. The predicted octanol–water partition coefficient (Wildman–Crippen LogP) is 6.45. The van der Waals surface area contributed by atoms with Gasteiger partial charge in [-0.3, -0.25) is 0 Å². The van der Waals surface area contributed by atoms with Crippen LogP contribution in [0.15, 0.2) is 76.3 Å². The van der Waals surface area contributed by atoms with Crippen molar-refractivity contribution in [2.45, 2.75) is 19.5 Å². The smallest absolute Gasteiger partial charge is 0.258 e. The molecule has 0 bridgehead atoms. The van der Waals surface area contributed by atoms with Gasteiger partial charge in [-0.25, -0.2) is 4.39 Å². The lowest BCUT2D eigenvalue weighted by Gasteiger charge is -2.37. The summed E-state index contributed by atoms with van der Waals surface area (Å²) in [6.07, 6.45) is 0. The van der Waals surface area contributed by atoms with Crippen molar-refractivity contribution in [1.29, 1.82) is 0 Å². The van der Waals surface area contributed by atoms with Crippen molar-refractivity contribution in [3.63, 3.8) is 0 Å². The maximum absolute atomic E-state index is 14.4. The Morgan fingerprint density at radius 1 is 1.18 bits per heavy atom. The van der Waals surface area contributed by atoms with Crippen molar-refractivity contribution in [3.05, 3.63) is 99.6 Å². The number of thiophene rings is 1. The molecule has 1 aliphatic heterocycles. The lowest BCUT2D eigenvalue weighted by atomic mass is 9.94. The van der Waals surface area contributed by atoms with Gasteiger partial charge in [-0.2, -0.15) is 4.98 Å². The van der Waals surface area contributed by atoms with E-state index in [-0.39, 0.29) is 18.4 Å². The van der Waals surface area contributed by atoms with Crippen LogP contribution in [0.1, 0.15) is 30.0 Å². The van der Waals surface area contributed by atoms with Crippen LogP contribution in [0.5, 0.6) is 0 Å². The molecule has 0 spiro atoms. The highest BCUT2D eigenvalue weighted by atomic mass is 35.5. The first-order chi connectivity index (χ1) is 16.0. The van der Waals surface area contributed by atoms with E-state index in [0.29, 0.717) is 27.4 Å². The van der Waals surface area contributed by atoms with Crippen molar-refractivity contribution < 1.29 is 8.91 Å². The third-order valence-electron chi connectivity index (χ3n) is 5.46. The summed E-state index contributed by atoms with van der Waals surface area (Å²) in [4.78, 5) is 7.42. The fraction of sp³-hybridized carbons (Fsp3) is 0.125. The number of benzene rings is 2. The first-order valence-electron chi connectivity index (χ1n) is 10.2. The summed E-state index contributed by atoms with van der Waals surface area (Å²) in [7, 11) is 0. The quantitative estimate of drug-likeness (QED) is 0.320. The number of halogens is 2. The van der Waals surface area contributed by atoms with Crippen LogP contribution in [0.25, 0.3) is 16.3 Å². The summed E-state index contributed by atoms with van der Waals surface area (Å²) in [6.45, 7) is 2.19. The molecule has 0 radical (unpaired) electrons. The lowest BCUT2D eigenvalue weighted by molar-refractivity contribution is 0.395. The fourth-order valence-corrected chi connectivity index (χ4v) is 4.99. The second kappa shape index (κ2) is 9.05. The van der Waals surface area contributed by atoms with E-state index in [2.05, 4.69) is 15.5 Å². The van der Waals surface area contributed by atoms with E-state index in [1.54, 1.807) is 18.2 Å². The van der Waals surface area contributed by atoms with Gasteiger partial charge in [0.05, 0.1) is 23.0 Å². The average Bonchev–Trinajstić information content (AvgIpc) is 3.49. The van der Waals surface area contributed by atoms with Gasteiger partial charge < -0.3 is 14.7 Å². The molecule has 1 atom stereocenters. The van der Waals surface area contributed by atoms with E-state index in [0.717, 1.165) is 21.7 Å². The first-order valence-corrected chi connectivity index (χ1v) is 11.8. The number of hydrogen-bond donors (Lipinski definition) is 1. The third kappa shape index (κ3) is 4.29. The summed E-state index contributed by atoms with van der Waals surface area (Å²) < 4.78 is 20.1. The Kier molecular flexibility index (Phi) is 5.97. The van der Waals surface area contributed by atoms with E-state index in [1.165, 1.54) is 17.4 Å². The Balaban J connectivity index is 1.62. The summed E-state index contributed by atoms with van der Waals surface area (Å²) >= 11 is 13.5. The zero-order chi connectivity index (χ0) is 22.9. The molecule has 166 valence electrons. The van der Waals surface area contributed by atoms with Crippen LogP contribution in [0.4, 0.5) is 4.39 Å². The number of thiocarbonyl (C=S) groups is 1. The van der Waals surface area contributed by atoms with Gasteiger partial charge in [0, 0.05) is 16.3 Å². The van der Waals surface area contributed by atoms with Crippen LogP contribution in [0.3, 0.4) is 0 Å². The molecule has 0 saturated heterocycles. The largest absolute Gasteiger partial charge is 0.351 e. The fourth-order valence-electron chi connectivity index (χ4n) is 3.82. The molecule has 4 aromatic rings. The molecule has 1 unspecified atom stereocenters. The zero-order valence-corrected chi connectivity index (χ0v) is 19.8. The number of nitrogens with zero attached hydrogens (tertiary/aromatic N) is 3. The molecule has 1 aliphatic rings. The van der Waals surface area contributed by atoms with Crippen molar-refractivity contribution >= 4 is 45.8 Å². The Morgan fingerprint density at radius 2 is 2.03 bits per heavy atom. The second-order valence-corrected chi connectivity index (χ2v) is 9.29. The van der Waals surface area contributed by atoms with Crippen LogP contribution in [0.2, 0.25) is 5.02 Å². The van der Waals surface area contributed by atoms with E-state index < -0.39 is 0 Å². The molecule has 2 aromatic heterocycles. The van der Waals surface area contributed by atoms with Crippen molar-refractivity contribution in [3.8, 4) is 10.7 Å². The summed E-state index contributed by atoms with van der Waals surface area (Å²) in [5, 5.41) is 10.6. The molecule has 2 aromatic carbocycles. The molecule has 9 heteroatoms. The van der Waals surface area contributed by atoms with E-state index in [4.69, 9.17) is 28.3 Å². The maximum atomic E-state index is 14.4. The van der Waals surface area contributed by atoms with Crippen molar-refractivity contribution in [2.75, 3.05) is 0 Å². The average molecular weight is 497 g/mol. The molecule has 0 aliphatic carbocycles. The molecule has 1 N–H and O–H groups in total. The van der Waals surface area contributed by atoms with Gasteiger partial charge in [-0.15, -0.1) is 11.3 Å².